The van der Waals surface area contributed by atoms with Crippen LogP contribution in [0.1, 0.15) is 50.7 Å². The van der Waals surface area contributed by atoms with Gasteiger partial charge in [0.2, 0.25) is 0 Å². The molecule has 174 valence electrons. The highest BCUT2D eigenvalue weighted by atomic mass is 16.5. The molecule has 0 aliphatic heterocycles. The largest absolute Gasteiger partial charge is 0.484 e. The molecule has 0 saturated carbocycles. The van der Waals surface area contributed by atoms with Crippen LogP contribution in [-0.4, -0.2) is 38.1 Å². The molecule has 6 heteroatoms. The van der Waals surface area contributed by atoms with Gasteiger partial charge < -0.3 is 20.1 Å². The van der Waals surface area contributed by atoms with Crippen LogP contribution in [0.15, 0.2) is 48.5 Å². The Hall–Kier alpha value is -3.02. The number of hydrogen-bond acceptors (Lipinski definition) is 4. The van der Waals surface area contributed by atoms with Gasteiger partial charge in [-0.1, -0.05) is 51.0 Å². The van der Waals surface area contributed by atoms with Gasteiger partial charge in [-0.2, -0.15) is 0 Å². The number of nitrogens with one attached hydrogen (secondary N) is 2. The second-order valence-corrected chi connectivity index (χ2v) is 7.69. The fourth-order valence-electron chi connectivity index (χ4n) is 3.10. The fourth-order valence-corrected chi connectivity index (χ4v) is 3.10. The number of rotatable bonds is 15. The van der Waals surface area contributed by atoms with Crippen LogP contribution in [0, 0.1) is 0 Å². The first kappa shape index (κ1) is 25.2. The van der Waals surface area contributed by atoms with Gasteiger partial charge >= 0.3 is 0 Å². The number of ether oxygens (including phenoxy) is 2. The SMILES string of the molecule is CCc1ccc(OCC(=O)NCCCCCCNC(=O)COc2ccc(CC)cc2)cc1. The summed E-state index contributed by atoms with van der Waals surface area (Å²) < 4.78 is 11.0. The molecule has 0 fully saturated rings. The summed E-state index contributed by atoms with van der Waals surface area (Å²) in [5, 5.41) is 5.75. The maximum absolute atomic E-state index is 11.9. The van der Waals surface area contributed by atoms with Gasteiger partial charge in [-0.3, -0.25) is 9.59 Å². The third-order valence-electron chi connectivity index (χ3n) is 5.15. The first-order chi connectivity index (χ1) is 15.6. The average molecular weight is 441 g/mol. The lowest BCUT2D eigenvalue weighted by Gasteiger charge is -2.09. The molecule has 0 aliphatic rings. The average Bonchev–Trinajstić information content (AvgIpc) is 2.83. The number of amides is 2. The van der Waals surface area contributed by atoms with Crippen LogP contribution < -0.4 is 20.1 Å². The van der Waals surface area contributed by atoms with E-state index in [9.17, 15) is 9.59 Å². The van der Waals surface area contributed by atoms with Crippen molar-refractivity contribution in [2.24, 2.45) is 0 Å². The summed E-state index contributed by atoms with van der Waals surface area (Å²) in [4.78, 5) is 23.7. The van der Waals surface area contributed by atoms with E-state index in [1.54, 1.807) is 0 Å². The van der Waals surface area contributed by atoms with Gasteiger partial charge in [0, 0.05) is 13.1 Å². The molecule has 0 heterocycles. The zero-order valence-corrected chi connectivity index (χ0v) is 19.3. The van der Waals surface area contributed by atoms with Gasteiger partial charge in [0.1, 0.15) is 11.5 Å². The highest BCUT2D eigenvalue weighted by Crippen LogP contribution is 2.13. The Labute approximate surface area is 191 Å². The fraction of sp³-hybridized carbons (Fsp3) is 0.462. The van der Waals surface area contributed by atoms with Crippen molar-refractivity contribution in [3.05, 3.63) is 59.7 Å². The number of carbonyl (C=O) groups excluding carboxylic acids is 2. The summed E-state index contributed by atoms with van der Waals surface area (Å²) in [7, 11) is 0. The standard InChI is InChI=1S/C26H36N2O4/c1-3-21-9-13-23(14-10-21)31-19-25(29)27-17-7-5-6-8-18-28-26(30)20-32-24-15-11-22(4-2)12-16-24/h9-16H,3-8,17-20H2,1-2H3,(H,27,29)(H,28,30). The van der Waals surface area contributed by atoms with Crippen molar-refractivity contribution in [2.75, 3.05) is 26.3 Å². The third-order valence-corrected chi connectivity index (χ3v) is 5.15. The monoisotopic (exact) mass is 440 g/mol. The summed E-state index contributed by atoms with van der Waals surface area (Å²) >= 11 is 0. The lowest BCUT2D eigenvalue weighted by Crippen LogP contribution is -2.30. The molecule has 0 saturated heterocycles. The van der Waals surface area contributed by atoms with Crippen LogP contribution in [0.5, 0.6) is 11.5 Å². The minimum atomic E-state index is -0.110. The van der Waals surface area contributed by atoms with E-state index in [-0.39, 0.29) is 25.0 Å². The number of aryl methyl sites for hydroxylation is 2. The minimum Gasteiger partial charge on any atom is -0.484 e. The zero-order valence-electron chi connectivity index (χ0n) is 19.3. The summed E-state index contributed by atoms with van der Waals surface area (Å²) in [5.41, 5.74) is 2.49. The molecule has 0 spiro atoms. The Balaban J connectivity index is 1.42. The van der Waals surface area contributed by atoms with E-state index >= 15 is 0 Å². The van der Waals surface area contributed by atoms with Crippen LogP contribution in [0.25, 0.3) is 0 Å². The molecule has 2 amide bonds. The molecule has 0 atom stereocenters. The summed E-state index contributed by atoms with van der Waals surface area (Å²) in [6.45, 7) is 5.53. The van der Waals surface area contributed by atoms with Crippen LogP contribution in [0.2, 0.25) is 0 Å². The van der Waals surface area contributed by atoms with Gasteiger partial charge in [0.25, 0.3) is 11.8 Å². The van der Waals surface area contributed by atoms with E-state index in [2.05, 4.69) is 24.5 Å². The van der Waals surface area contributed by atoms with Gasteiger partial charge in [0.15, 0.2) is 13.2 Å². The zero-order chi connectivity index (χ0) is 23.0. The molecule has 0 aromatic heterocycles. The van der Waals surface area contributed by atoms with E-state index in [0.29, 0.717) is 24.6 Å². The molecule has 2 rings (SSSR count). The van der Waals surface area contributed by atoms with E-state index in [0.717, 1.165) is 38.5 Å². The van der Waals surface area contributed by atoms with E-state index < -0.39 is 0 Å². The molecule has 2 aromatic rings. The maximum atomic E-state index is 11.9. The van der Waals surface area contributed by atoms with Crippen LogP contribution in [0.3, 0.4) is 0 Å². The van der Waals surface area contributed by atoms with E-state index in [1.807, 2.05) is 48.5 Å². The highest BCUT2D eigenvalue weighted by Gasteiger charge is 2.04. The highest BCUT2D eigenvalue weighted by molar-refractivity contribution is 5.77. The van der Waals surface area contributed by atoms with Crippen LogP contribution in [0.4, 0.5) is 0 Å². The Morgan fingerprint density at radius 3 is 1.34 bits per heavy atom. The summed E-state index contributed by atoms with van der Waals surface area (Å²) in [5.74, 6) is 1.20. The quantitative estimate of drug-likeness (QED) is 0.410. The van der Waals surface area contributed by atoms with Crippen LogP contribution >= 0.6 is 0 Å². The number of carbonyl (C=O) groups is 2. The minimum absolute atomic E-state index is 0.0301. The normalized spacial score (nSPS) is 10.4. The smallest absolute Gasteiger partial charge is 0.257 e. The summed E-state index contributed by atoms with van der Waals surface area (Å²) in [6, 6.07) is 15.6. The molecule has 32 heavy (non-hydrogen) atoms. The van der Waals surface area contributed by atoms with Crippen molar-refractivity contribution in [1.82, 2.24) is 10.6 Å². The second kappa shape index (κ2) is 14.9. The number of hydrogen-bond donors (Lipinski definition) is 2. The topological polar surface area (TPSA) is 76.7 Å². The number of benzene rings is 2. The Bertz CT molecular complexity index is 734. The lowest BCUT2D eigenvalue weighted by atomic mass is 10.2. The van der Waals surface area contributed by atoms with Crippen molar-refractivity contribution in [3.8, 4) is 11.5 Å². The van der Waals surface area contributed by atoms with E-state index in [4.69, 9.17) is 9.47 Å². The molecule has 2 aromatic carbocycles. The Morgan fingerprint density at radius 2 is 1.00 bits per heavy atom. The van der Waals surface area contributed by atoms with Crippen molar-refractivity contribution in [1.29, 1.82) is 0 Å². The van der Waals surface area contributed by atoms with Crippen molar-refractivity contribution >= 4 is 11.8 Å². The molecule has 0 bridgehead atoms. The first-order valence-corrected chi connectivity index (χ1v) is 11.6. The predicted molar refractivity (Wildman–Crippen MR) is 127 cm³/mol. The molecule has 0 radical (unpaired) electrons. The van der Waals surface area contributed by atoms with Gasteiger partial charge in [-0.05, 0) is 61.1 Å². The van der Waals surface area contributed by atoms with Gasteiger partial charge in [0.05, 0.1) is 0 Å². The Kier molecular flexibility index (Phi) is 11.7. The first-order valence-electron chi connectivity index (χ1n) is 11.6. The molecular formula is C26H36N2O4. The van der Waals surface area contributed by atoms with Crippen molar-refractivity contribution < 1.29 is 19.1 Å². The lowest BCUT2D eigenvalue weighted by molar-refractivity contribution is -0.123. The molecule has 0 aliphatic carbocycles. The predicted octanol–water partition coefficient (Wildman–Crippen LogP) is 4.06. The second-order valence-electron chi connectivity index (χ2n) is 7.69. The van der Waals surface area contributed by atoms with Crippen molar-refractivity contribution in [2.45, 2.75) is 52.4 Å². The van der Waals surface area contributed by atoms with Crippen LogP contribution in [-0.2, 0) is 22.4 Å². The number of unbranched alkanes of at least 4 members (excludes halogenated alkanes) is 3. The van der Waals surface area contributed by atoms with Gasteiger partial charge in [-0.15, -0.1) is 0 Å². The molecular weight excluding hydrogens is 404 g/mol. The molecule has 0 unspecified atom stereocenters. The molecule has 2 N–H and O–H groups in total. The maximum Gasteiger partial charge on any atom is 0.257 e. The summed E-state index contributed by atoms with van der Waals surface area (Å²) in [6.07, 6.45) is 5.76. The van der Waals surface area contributed by atoms with E-state index in [1.165, 1.54) is 11.1 Å². The van der Waals surface area contributed by atoms with Gasteiger partial charge in [-0.25, -0.2) is 0 Å². The third kappa shape index (κ3) is 10.3. The molecule has 6 nitrogen and oxygen atoms in total. The van der Waals surface area contributed by atoms with Crippen molar-refractivity contribution in [3.63, 3.8) is 0 Å². The Morgan fingerprint density at radius 1 is 0.625 bits per heavy atom.